The lowest BCUT2D eigenvalue weighted by atomic mass is 9.85. The van der Waals surface area contributed by atoms with Crippen LogP contribution in [-0.2, 0) is 41.8 Å². The molecule has 0 aromatic rings. The Morgan fingerprint density at radius 2 is 0.951 bits per heavy atom. The lowest BCUT2D eigenvalue weighted by molar-refractivity contribution is -0.216. The molecule has 1 aliphatic rings. The van der Waals surface area contributed by atoms with Gasteiger partial charge in [-0.15, -0.1) is 0 Å². The van der Waals surface area contributed by atoms with Gasteiger partial charge in [-0.2, -0.15) is 0 Å². The van der Waals surface area contributed by atoms with Crippen LogP contribution < -0.4 is 0 Å². The molecule has 0 aromatic carbocycles. The number of phosphoric ester groups is 2. The lowest BCUT2D eigenvalue weighted by Crippen LogP contribution is -2.64. The summed E-state index contributed by atoms with van der Waals surface area (Å²) in [7, 11) is -10.7. The van der Waals surface area contributed by atoms with Gasteiger partial charge in [-0.25, -0.2) is 9.13 Å². The van der Waals surface area contributed by atoms with Crippen molar-refractivity contribution in [3.05, 3.63) is 24.3 Å². The number of unbranched alkanes of at least 4 members (excludes halogenated alkanes) is 20. The molecule has 7 N–H and O–H groups in total. The fourth-order valence-electron chi connectivity index (χ4n) is 6.94. The Kier molecular flexibility index (Phi) is 32.8. The number of carbonyl (C=O) groups excluding carboxylic acids is 2. The Bertz CT molecular complexity index is 1290. The Morgan fingerprint density at radius 1 is 0.525 bits per heavy atom. The second-order valence-electron chi connectivity index (χ2n) is 16.1. The van der Waals surface area contributed by atoms with Crippen molar-refractivity contribution in [3.8, 4) is 0 Å². The second kappa shape index (κ2) is 34.8. The van der Waals surface area contributed by atoms with Gasteiger partial charge in [0, 0.05) is 12.8 Å². The molecule has 0 bridgehead atoms. The van der Waals surface area contributed by atoms with E-state index in [2.05, 4.69) is 42.7 Å². The van der Waals surface area contributed by atoms with E-state index < -0.39 is 83.5 Å². The van der Waals surface area contributed by atoms with Crippen molar-refractivity contribution >= 4 is 27.6 Å². The van der Waals surface area contributed by atoms with Crippen LogP contribution in [0.1, 0.15) is 181 Å². The average molecular weight is 915 g/mol. The largest absolute Gasteiger partial charge is 0.472 e. The summed E-state index contributed by atoms with van der Waals surface area (Å²) >= 11 is 0. The van der Waals surface area contributed by atoms with Gasteiger partial charge >= 0.3 is 27.6 Å². The van der Waals surface area contributed by atoms with Crippen LogP contribution in [-0.4, -0.2) is 103 Å². The second-order valence-corrected chi connectivity index (χ2v) is 18.7. The number of rotatable bonds is 38. The van der Waals surface area contributed by atoms with Crippen LogP contribution in [0.2, 0.25) is 0 Å². The zero-order valence-electron chi connectivity index (χ0n) is 36.8. The van der Waals surface area contributed by atoms with Crippen LogP contribution in [0.3, 0.4) is 0 Å². The van der Waals surface area contributed by atoms with E-state index in [0.717, 1.165) is 70.6 Å². The first-order valence-corrected chi connectivity index (χ1v) is 25.9. The zero-order chi connectivity index (χ0) is 45.4. The number of ether oxygens (including phenoxy) is 2. The molecule has 0 saturated heterocycles. The minimum Gasteiger partial charge on any atom is -0.462 e. The van der Waals surface area contributed by atoms with E-state index in [1.165, 1.54) is 70.6 Å². The SMILES string of the molecule is CCCCCC=CCC=CCCCCCCCC(=O)O[C@H](COC(=O)CCCCCCCCCCCCCCC)COP(=O)(O)O[C@H]1C(O)C(O)C(O)[C@@H](OP(=O)(O)O)C1O. The molecule has 358 valence electrons. The normalized spacial score (nSPS) is 22.4. The molecule has 0 amide bonds. The Morgan fingerprint density at radius 3 is 1.46 bits per heavy atom. The molecule has 8 atom stereocenters. The molecule has 0 spiro atoms. The van der Waals surface area contributed by atoms with E-state index in [0.29, 0.717) is 12.8 Å². The molecule has 16 nitrogen and oxygen atoms in total. The smallest absolute Gasteiger partial charge is 0.462 e. The number of esters is 2. The van der Waals surface area contributed by atoms with Crippen molar-refractivity contribution in [2.24, 2.45) is 0 Å². The van der Waals surface area contributed by atoms with E-state index in [-0.39, 0.29) is 12.8 Å². The minimum atomic E-state index is -5.36. The van der Waals surface area contributed by atoms with Gasteiger partial charge in [0.25, 0.3) is 0 Å². The predicted molar refractivity (Wildman–Crippen MR) is 232 cm³/mol. The van der Waals surface area contributed by atoms with Gasteiger partial charge in [0.2, 0.25) is 0 Å². The first kappa shape index (κ1) is 57.5. The Balaban J connectivity index is 2.62. The van der Waals surface area contributed by atoms with Crippen molar-refractivity contribution in [2.75, 3.05) is 13.2 Å². The molecule has 1 rings (SSSR count). The van der Waals surface area contributed by atoms with Crippen LogP contribution >= 0.6 is 15.6 Å². The highest BCUT2D eigenvalue weighted by Crippen LogP contribution is 2.49. The number of aliphatic hydroxyl groups excluding tert-OH is 4. The first-order valence-electron chi connectivity index (χ1n) is 22.9. The fourth-order valence-corrected chi connectivity index (χ4v) is 8.48. The van der Waals surface area contributed by atoms with Gasteiger partial charge in [0.05, 0.1) is 6.61 Å². The van der Waals surface area contributed by atoms with Crippen LogP contribution in [0.15, 0.2) is 24.3 Å². The maximum atomic E-state index is 13.0. The van der Waals surface area contributed by atoms with Crippen LogP contribution in [0.25, 0.3) is 0 Å². The van der Waals surface area contributed by atoms with Gasteiger partial charge < -0.3 is 44.6 Å². The molecule has 0 heterocycles. The van der Waals surface area contributed by atoms with E-state index in [9.17, 15) is 44.0 Å². The zero-order valence-corrected chi connectivity index (χ0v) is 38.6. The predicted octanol–water partition coefficient (Wildman–Crippen LogP) is 8.17. The van der Waals surface area contributed by atoms with E-state index in [1.54, 1.807) is 0 Å². The maximum Gasteiger partial charge on any atom is 0.472 e. The summed E-state index contributed by atoms with van der Waals surface area (Å²) in [5, 5.41) is 41.2. The van der Waals surface area contributed by atoms with Crippen molar-refractivity contribution in [3.63, 3.8) is 0 Å². The summed E-state index contributed by atoms with van der Waals surface area (Å²) in [4.78, 5) is 54.2. The molecule has 5 unspecified atom stereocenters. The van der Waals surface area contributed by atoms with Crippen molar-refractivity contribution in [1.29, 1.82) is 0 Å². The first-order chi connectivity index (χ1) is 29.1. The molecule has 0 aromatic heterocycles. The topological polar surface area (TPSA) is 256 Å². The highest BCUT2D eigenvalue weighted by molar-refractivity contribution is 7.47. The van der Waals surface area contributed by atoms with Gasteiger partial charge in [-0.05, 0) is 44.9 Å². The summed E-state index contributed by atoms with van der Waals surface area (Å²) in [5.74, 6) is -1.22. The van der Waals surface area contributed by atoms with E-state index in [4.69, 9.17) is 28.3 Å². The van der Waals surface area contributed by atoms with Crippen LogP contribution in [0.4, 0.5) is 0 Å². The number of hydrogen-bond donors (Lipinski definition) is 7. The quantitative estimate of drug-likeness (QED) is 0.0133. The molecule has 61 heavy (non-hydrogen) atoms. The number of carbonyl (C=O) groups is 2. The number of allylic oxidation sites excluding steroid dienone is 4. The van der Waals surface area contributed by atoms with E-state index >= 15 is 0 Å². The summed E-state index contributed by atoms with van der Waals surface area (Å²) in [6.45, 7) is 3.06. The number of hydrogen-bond acceptors (Lipinski definition) is 13. The van der Waals surface area contributed by atoms with Gasteiger partial charge in [-0.3, -0.25) is 23.2 Å². The maximum absolute atomic E-state index is 13.0. The standard InChI is InChI=1S/C43H80O16P2/c1-3-5-7-9-11-13-15-17-18-20-22-24-26-28-30-32-37(45)57-35(33-55-36(44)31-29-27-25-23-21-19-16-14-12-10-8-6-4-2)34-56-61(53,54)59-43-40(48)38(46)39(47)42(41(43)49)58-60(50,51)52/h11,13,17-18,35,38-43,46-49H,3-10,12,14-16,19-34H2,1-2H3,(H,53,54)(H2,50,51,52)/t35-,38?,39?,40?,41?,42-,43+/m1/s1. The molecule has 1 saturated carbocycles. The molecular formula is C43H80O16P2. The summed E-state index contributed by atoms with van der Waals surface area (Å²) < 4.78 is 49.3. The third-order valence-electron chi connectivity index (χ3n) is 10.5. The van der Waals surface area contributed by atoms with E-state index in [1.807, 2.05) is 0 Å². The minimum absolute atomic E-state index is 0.0306. The average Bonchev–Trinajstić information content (AvgIpc) is 3.21. The number of aliphatic hydroxyl groups is 4. The third kappa shape index (κ3) is 29.5. The molecule has 1 fully saturated rings. The van der Waals surface area contributed by atoms with Gasteiger partial charge in [-0.1, -0.05) is 147 Å². The van der Waals surface area contributed by atoms with Gasteiger partial charge in [0.1, 0.15) is 43.2 Å². The Hall–Kier alpha value is -1.52. The Labute approximate surface area is 364 Å². The van der Waals surface area contributed by atoms with Crippen molar-refractivity contribution in [1.82, 2.24) is 0 Å². The van der Waals surface area contributed by atoms with Crippen LogP contribution in [0, 0.1) is 0 Å². The molecule has 1 aliphatic carbocycles. The highest BCUT2D eigenvalue weighted by atomic mass is 31.2. The molecule has 0 radical (unpaired) electrons. The van der Waals surface area contributed by atoms with Gasteiger partial charge in [0.15, 0.2) is 6.10 Å². The summed E-state index contributed by atoms with van der Waals surface area (Å²) in [5.41, 5.74) is 0. The van der Waals surface area contributed by atoms with Crippen molar-refractivity contribution < 1.29 is 76.9 Å². The summed E-state index contributed by atoms with van der Waals surface area (Å²) in [6, 6.07) is 0. The fraction of sp³-hybridized carbons (Fsp3) is 0.860. The summed E-state index contributed by atoms with van der Waals surface area (Å²) in [6.07, 6.45) is 20.0. The van der Waals surface area contributed by atoms with Crippen molar-refractivity contribution in [2.45, 2.75) is 224 Å². The number of phosphoric acid groups is 2. The molecular weight excluding hydrogens is 834 g/mol. The monoisotopic (exact) mass is 914 g/mol. The third-order valence-corrected chi connectivity index (χ3v) is 12.0. The lowest BCUT2D eigenvalue weighted by Gasteiger charge is -2.43. The molecule has 0 aliphatic heterocycles. The molecule has 18 heteroatoms. The van der Waals surface area contributed by atoms with Crippen LogP contribution in [0.5, 0.6) is 0 Å². The highest BCUT2D eigenvalue weighted by Gasteiger charge is 2.54.